The number of hydrogen-bond acceptors (Lipinski definition) is 3. The van der Waals surface area contributed by atoms with Crippen LogP contribution in [0.1, 0.15) is 12.5 Å². The lowest BCUT2D eigenvalue weighted by molar-refractivity contribution is 0.129. The molecule has 2 rings (SSSR count). The molecule has 1 aromatic rings. The van der Waals surface area contributed by atoms with E-state index < -0.39 is 0 Å². The summed E-state index contributed by atoms with van der Waals surface area (Å²) in [5.41, 5.74) is 1.03. The van der Waals surface area contributed by atoms with Crippen molar-refractivity contribution < 1.29 is 14.6 Å². The molecule has 4 nitrogen and oxygen atoms in total. The van der Waals surface area contributed by atoms with Gasteiger partial charge in [0.15, 0.2) is 0 Å². The van der Waals surface area contributed by atoms with Crippen LogP contribution in [0.15, 0.2) is 30.3 Å². The van der Waals surface area contributed by atoms with Gasteiger partial charge in [-0.05, 0) is 12.5 Å². The van der Waals surface area contributed by atoms with E-state index in [4.69, 9.17) is 4.74 Å². The third-order valence-electron chi connectivity index (χ3n) is 2.85. The standard InChI is InChI=1S/C12H15NO3/c1-9-11(8-14)13(12(15)16-9)7-10-5-3-2-4-6-10/h2-6,9,11,14H,7-8H2,1H3/t9-,11?/m1/s1. The number of cyclic esters (lactones) is 1. The number of aliphatic hydroxyl groups excluding tert-OH is 1. The maximum absolute atomic E-state index is 11.6. The van der Waals surface area contributed by atoms with Gasteiger partial charge in [0.25, 0.3) is 0 Å². The van der Waals surface area contributed by atoms with Crippen LogP contribution >= 0.6 is 0 Å². The number of rotatable bonds is 3. The monoisotopic (exact) mass is 221 g/mol. The number of carbonyl (C=O) groups excluding carboxylic acids is 1. The van der Waals surface area contributed by atoms with Crippen molar-refractivity contribution in [1.29, 1.82) is 0 Å². The fourth-order valence-electron chi connectivity index (χ4n) is 1.90. The third kappa shape index (κ3) is 2.02. The van der Waals surface area contributed by atoms with Crippen molar-refractivity contribution in [3.05, 3.63) is 35.9 Å². The number of hydrogen-bond donors (Lipinski definition) is 1. The van der Waals surface area contributed by atoms with Gasteiger partial charge < -0.3 is 9.84 Å². The Morgan fingerprint density at radius 1 is 1.38 bits per heavy atom. The first-order chi connectivity index (χ1) is 7.72. The van der Waals surface area contributed by atoms with Crippen LogP contribution in [0.4, 0.5) is 4.79 Å². The van der Waals surface area contributed by atoms with E-state index in [1.54, 1.807) is 11.8 Å². The minimum atomic E-state index is -0.351. The Kier molecular flexibility index (Phi) is 3.10. The van der Waals surface area contributed by atoms with Crippen LogP contribution in [0.5, 0.6) is 0 Å². The molecule has 0 aliphatic carbocycles. The predicted molar refractivity (Wildman–Crippen MR) is 58.8 cm³/mol. The zero-order chi connectivity index (χ0) is 11.5. The zero-order valence-corrected chi connectivity index (χ0v) is 9.17. The fourth-order valence-corrected chi connectivity index (χ4v) is 1.90. The fraction of sp³-hybridized carbons (Fsp3) is 0.417. The molecule has 4 heteroatoms. The molecule has 0 spiro atoms. The van der Waals surface area contributed by atoms with Crippen LogP contribution in [0.25, 0.3) is 0 Å². The van der Waals surface area contributed by atoms with Crippen molar-refractivity contribution >= 4 is 6.09 Å². The Morgan fingerprint density at radius 2 is 2.06 bits per heavy atom. The molecule has 1 aromatic carbocycles. The molecule has 0 saturated carbocycles. The first kappa shape index (κ1) is 11.0. The van der Waals surface area contributed by atoms with Crippen molar-refractivity contribution in [3.8, 4) is 0 Å². The van der Waals surface area contributed by atoms with E-state index in [-0.39, 0.29) is 24.8 Å². The Labute approximate surface area is 94.4 Å². The van der Waals surface area contributed by atoms with Gasteiger partial charge in [0, 0.05) is 6.54 Å². The van der Waals surface area contributed by atoms with Gasteiger partial charge in [0.2, 0.25) is 0 Å². The van der Waals surface area contributed by atoms with Gasteiger partial charge in [-0.25, -0.2) is 4.79 Å². The summed E-state index contributed by atoms with van der Waals surface area (Å²) in [6.45, 7) is 2.21. The molecular formula is C12H15NO3. The highest BCUT2D eigenvalue weighted by molar-refractivity contribution is 5.70. The second kappa shape index (κ2) is 4.53. The van der Waals surface area contributed by atoms with E-state index in [0.717, 1.165) is 5.56 Å². The Bertz CT molecular complexity index is 366. The Balaban J connectivity index is 2.11. The zero-order valence-electron chi connectivity index (χ0n) is 9.17. The van der Waals surface area contributed by atoms with Gasteiger partial charge in [0.1, 0.15) is 6.10 Å². The Hall–Kier alpha value is -1.55. The van der Waals surface area contributed by atoms with E-state index in [1.807, 2.05) is 30.3 Å². The lowest BCUT2D eigenvalue weighted by Gasteiger charge is -2.21. The normalized spacial score (nSPS) is 24.6. The molecule has 16 heavy (non-hydrogen) atoms. The summed E-state index contributed by atoms with van der Waals surface area (Å²) in [7, 11) is 0. The molecule has 2 atom stereocenters. The number of benzene rings is 1. The second-order valence-corrected chi connectivity index (χ2v) is 3.95. The first-order valence-corrected chi connectivity index (χ1v) is 5.34. The summed E-state index contributed by atoms with van der Waals surface area (Å²) in [6, 6.07) is 9.43. The number of amides is 1. The molecule has 1 aliphatic heterocycles. The number of ether oxygens (including phenoxy) is 1. The smallest absolute Gasteiger partial charge is 0.410 e. The van der Waals surface area contributed by atoms with Crippen molar-refractivity contribution in [2.24, 2.45) is 0 Å². The number of carbonyl (C=O) groups is 1. The molecule has 0 aromatic heterocycles. The van der Waals surface area contributed by atoms with Crippen LogP contribution < -0.4 is 0 Å². The van der Waals surface area contributed by atoms with Crippen molar-refractivity contribution in [1.82, 2.24) is 4.90 Å². The molecule has 1 unspecified atom stereocenters. The van der Waals surface area contributed by atoms with Crippen LogP contribution in [0.3, 0.4) is 0 Å². The van der Waals surface area contributed by atoms with Crippen LogP contribution in [-0.2, 0) is 11.3 Å². The van der Waals surface area contributed by atoms with Gasteiger partial charge in [-0.2, -0.15) is 0 Å². The van der Waals surface area contributed by atoms with Gasteiger partial charge in [-0.1, -0.05) is 30.3 Å². The predicted octanol–water partition coefficient (Wildman–Crippen LogP) is 1.39. The van der Waals surface area contributed by atoms with Crippen molar-refractivity contribution in [3.63, 3.8) is 0 Å². The molecule has 1 saturated heterocycles. The Morgan fingerprint density at radius 3 is 2.69 bits per heavy atom. The summed E-state index contributed by atoms with van der Waals surface area (Å²) in [5, 5.41) is 9.23. The highest BCUT2D eigenvalue weighted by Crippen LogP contribution is 2.21. The highest BCUT2D eigenvalue weighted by atomic mass is 16.6. The molecule has 0 bridgehead atoms. The molecular weight excluding hydrogens is 206 g/mol. The SMILES string of the molecule is C[C@H]1OC(=O)N(Cc2ccccc2)C1CO. The summed E-state index contributed by atoms with van der Waals surface area (Å²) in [6.07, 6.45) is -0.600. The molecule has 1 N–H and O–H groups in total. The molecule has 0 radical (unpaired) electrons. The quantitative estimate of drug-likeness (QED) is 0.839. The highest BCUT2D eigenvalue weighted by Gasteiger charge is 2.38. The van der Waals surface area contributed by atoms with E-state index >= 15 is 0 Å². The average molecular weight is 221 g/mol. The van der Waals surface area contributed by atoms with E-state index in [0.29, 0.717) is 6.54 Å². The molecule has 1 amide bonds. The van der Waals surface area contributed by atoms with E-state index in [9.17, 15) is 9.90 Å². The third-order valence-corrected chi connectivity index (χ3v) is 2.85. The van der Waals surface area contributed by atoms with Gasteiger partial charge in [-0.15, -0.1) is 0 Å². The second-order valence-electron chi connectivity index (χ2n) is 3.95. The molecule has 86 valence electrons. The maximum atomic E-state index is 11.6. The maximum Gasteiger partial charge on any atom is 0.410 e. The lowest BCUT2D eigenvalue weighted by atomic mass is 10.1. The van der Waals surface area contributed by atoms with Crippen LogP contribution in [0.2, 0.25) is 0 Å². The average Bonchev–Trinajstić information content (AvgIpc) is 2.55. The summed E-state index contributed by atoms with van der Waals surface area (Å²) in [5.74, 6) is 0. The number of aliphatic hydroxyl groups is 1. The van der Waals surface area contributed by atoms with Gasteiger partial charge in [0.05, 0.1) is 12.6 Å². The molecule has 1 heterocycles. The summed E-state index contributed by atoms with van der Waals surface area (Å²) in [4.78, 5) is 13.1. The minimum Gasteiger partial charge on any atom is -0.444 e. The summed E-state index contributed by atoms with van der Waals surface area (Å²) < 4.78 is 5.08. The van der Waals surface area contributed by atoms with Gasteiger partial charge >= 0.3 is 6.09 Å². The minimum absolute atomic E-state index is 0.0697. The molecule has 1 fully saturated rings. The van der Waals surface area contributed by atoms with E-state index in [2.05, 4.69) is 0 Å². The largest absolute Gasteiger partial charge is 0.444 e. The van der Waals surface area contributed by atoms with Crippen LogP contribution in [-0.4, -0.2) is 34.9 Å². The first-order valence-electron chi connectivity index (χ1n) is 5.34. The molecule has 1 aliphatic rings. The number of nitrogens with zero attached hydrogens (tertiary/aromatic N) is 1. The van der Waals surface area contributed by atoms with Crippen molar-refractivity contribution in [2.45, 2.75) is 25.6 Å². The van der Waals surface area contributed by atoms with E-state index in [1.165, 1.54) is 0 Å². The summed E-state index contributed by atoms with van der Waals surface area (Å²) >= 11 is 0. The van der Waals surface area contributed by atoms with Crippen LogP contribution in [0, 0.1) is 0 Å². The lowest BCUT2D eigenvalue weighted by Crippen LogP contribution is -2.38. The van der Waals surface area contributed by atoms with Crippen molar-refractivity contribution in [2.75, 3.05) is 6.61 Å². The topological polar surface area (TPSA) is 49.8 Å². The van der Waals surface area contributed by atoms with Gasteiger partial charge in [-0.3, -0.25) is 4.90 Å².